The van der Waals surface area contributed by atoms with Crippen molar-refractivity contribution in [2.24, 2.45) is 45.3 Å². The van der Waals surface area contributed by atoms with Crippen molar-refractivity contribution in [1.82, 2.24) is 0 Å². The van der Waals surface area contributed by atoms with Crippen molar-refractivity contribution in [3.8, 4) is 0 Å². The van der Waals surface area contributed by atoms with Gasteiger partial charge in [-0.15, -0.1) is 0 Å². The SMILES string of the molecule is CC(C)=CCC[C@H](CO)[C@@H]1CC[C@]2(C)C3=CC[C@H]4C(C)(C)[C@@H](O)CC[C@]4(C)[C@H]3CC[C@@]12C. The third-order valence-electron chi connectivity index (χ3n) is 11.8. The van der Waals surface area contributed by atoms with Crippen LogP contribution in [0.2, 0.25) is 0 Å². The smallest absolute Gasteiger partial charge is 0.0594 e. The van der Waals surface area contributed by atoms with E-state index in [0.717, 1.165) is 25.7 Å². The molecule has 4 rings (SSSR count). The normalized spacial score (nSPS) is 45.8. The minimum atomic E-state index is -0.165. The molecule has 2 N–H and O–H groups in total. The van der Waals surface area contributed by atoms with Crippen molar-refractivity contribution in [2.45, 2.75) is 112 Å². The van der Waals surface area contributed by atoms with Crippen molar-refractivity contribution < 1.29 is 10.2 Å². The Kier molecular flexibility index (Phi) is 6.33. The molecule has 0 radical (unpaired) electrons. The van der Waals surface area contributed by atoms with E-state index >= 15 is 0 Å². The summed E-state index contributed by atoms with van der Waals surface area (Å²) in [5.74, 6) is 2.29. The molecule has 4 aliphatic carbocycles. The van der Waals surface area contributed by atoms with Crippen molar-refractivity contribution in [2.75, 3.05) is 6.61 Å². The molecule has 0 heterocycles. The number of aliphatic hydroxyl groups excluding tert-OH is 2. The molecule has 0 aromatic heterocycles. The van der Waals surface area contributed by atoms with Gasteiger partial charge in [0.25, 0.3) is 0 Å². The van der Waals surface area contributed by atoms with Gasteiger partial charge in [-0.1, -0.05) is 57.9 Å². The Morgan fingerprint density at radius 2 is 1.78 bits per heavy atom. The maximum atomic E-state index is 10.8. The fraction of sp³-hybridized carbons (Fsp3) is 0.867. The molecule has 0 aromatic rings. The highest BCUT2D eigenvalue weighted by Gasteiger charge is 2.65. The highest BCUT2D eigenvalue weighted by Crippen LogP contribution is 2.73. The Labute approximate surface area is 198 Å². The van der Waals surface area contributed by atoms with Crippen LogP contribution in [0.1, 0.15) is 106 Å². The van der Waals surface area contributed by atoms with E-state index in [9.17, 15) is 10.2 Å². The average molecular weight is 443 g/mol. The first-order valence-electron chi connectivity index (χ1n) is 13.5. The van der Waals surface area contributed by atoms with Crippen molar-refractivity contribution in [1.29, 1.82) is 0 Å². The van der Waals surface area contributed by atoms with Crippen molar-refractivity contribution in [3.63, 3.8) is 0 Å². The van der Waals surface area contributed by atoms with Crippen LogP contribution in [0.4, 0.5) is 0 Å². The van der Waals surface area contributed by atoms with Gasteiger partial charge in [-0.25, -0.2) is 0 Å². The highest BCUT2D eigenvalue weighted by molar-refractivity contribution is 5.33. The van der Waals surface area contributed by atoms with E-state index in [0.29, 0.717) is 41.1 Å². The van der Waals surface area contributed by atoms with Crippen LogP contribution in [-0.2, 0) is 0 Å². The van der Waals surface area contributed by atoms with Gasteiger partial charge >= 0.3 is 0 Å². The summed E-state index contributed by atoms with van der Waals surface area (Å²) >= 11 is 0. The Bertz CT molecular complexity index is 774. The van der Waals surface area contributed by atoms with E-state index in [1.807, 2.05) is 0 Å². The van der Waals surface area contributed by atoms with Crippen LogP contribution >= 0.6 is 0 Å². The van der Waals surface area contributed by atoms with Gasteiger partial charge in [-0.2, -0.15) is 0 Å². The van der Waals surface area contributed by atoms with Crippen LogP contribution in [0.25, 0.3) is 0 Å². The van der Waals surface area contributed by atoms with Crippen LogP contribution < -0.4 is 0 Å². The molecule has 0 bridgehead atoms. The highest BCUT2D eigenvalue weighted by atomic mass is 16.3. The zero-order valence-electron chi connectivity index (χ0n) is 22.0. The molecule has 2 heteroatoms. The zero-order valence-corrected chi connectivity index (χ0v) is 22.0. The molecular formula is C30H50O2. The van der Waals surface area contributed by atoms with E-state index in [1.54, 1.807) is 5.57 Å². The summed E-state index contributed by atoms with van der Waals surface area (Å²) < 4.78 is 0. The molecule has 32 heavy (non-hydrogen) atoms. The van der Waals surface area contributed by atoms with Gasteiger partial charge in [0.15, 0.2) is 0 Å². The van der Waals surface area contributed by atoms with E-state index in [1.165, 1.54) is 37.7 Å². The van der Waals surface area contributed by atoms with Gasteiger partial charge in [0.05, 0.1) is 6.10 Å². The summed E-state index contributed by atoms with van der Waals surface area (Å²) in [6.07, 6.45) is 15.4. The number of aliphatic hydroxyl groups is 2. The molecule has 0 aliphatic heterocycles. The van der Waals surface area contributed by atoms with Gasteiger partial charge in [0.1, 0.15) is 0 Å². The van der Waals surface area contributed by atoms with Gasteiger partial charge < -0.3 is 10.2 Å². The third-order valence-corrected chi connectivity index (χ3v) is 11.8. The molecule has 0 unspecified atom stereocenters. The second kappa shape index (κ2) is 8.26. The second-order valence-electron chi connectivity index (χ2n) is 13.6. The molecule has 3 fully saturated rings. The molecule has 0 amide bonds. The van der Waals surface area contributed by atoms with Gasteiger partial charge in [-0.05, 0) is 117 Å². The van der Waals surface area contributed by atoms with Crippen LogP contribution in [-0.4, -0.2) is 22.9 Å². The topological polar surface area (TPSA) is 40.5 Å². The number of allylic oxidation sites excluding steroid dienone is 4. The summed E-state index contributed by atoms with van der Waals surface area (Å²) in [5, 5.41) is 21.2. The van der Waals surface area contributed by atoms with Crippen LogP contribution in [0.15, 0.2) is 23.3 Å². The van der Waals surface area contributed by atoms with E-state index < -0.39 is 0 Å². The standard InChI is InChI=1S/C30H50O2/c1-20(2)9-8-10-21(19-31)22-13-17-30(7)24-11-12-25-27(3,4)26(32)15-16-28(25,5)23(24)14-18-29(22,30)6/h9,11,21-23,25-26,31-32H,8,10,12-19H2,1-7H3/t21-,22+,23+,25+,26+,28-,29+,30-/m1/s1. The van der Waals surface area contributed by atoms with Crippen molar-refractivity contribution in [3.05, 3.63) is 23.3 Å². The first-order valence-corrected chi connectivity index (χ1v) is 13.5. The van der Waals surface area contributed by atoms with Crippen LogP contribution in [0, 0.1) is 45.3 Å². The largest absolute Gasteiger partial charge is 0.396 e. The number of hydrogen-bond donors (Lipinski definition) is 2. The lowest BCUT2D eigenvalue weighted by Crippen LogP contribution is -2.58. The summed E-state index contributed by atoms with van der Waals surface area (Å²) in [7, 11) is 0. The van der Waals surface area contributed by atoms with Crippen molar-refractivity contribution >= 4 is 0 Å². The lowest BCUT2D eigenvalue weighted by atomic mass is 9.41. The summed E-state index contributed by atoms with van der Waals surface area (Å²) in [5.41, 5.74) is 4.02. The van der Waals surface area contributed by atoms with E-state index in [4.69, 9.17) is 0 Å². The second-order valence-corrected chi connectivity index (χ2v) is 13.6. The molecule has 3 saturated carbocycles. The Hall–Kier alpha value is -0.600. The minimum absolute atomic E-state index is 0.00179. The van der Waals surface area contributed by atoms with Crippen LogP contribution in [0.3, 0.4) is 0 Å². The molecule has 4 aliphatic rings. The monoisotopic (exact) mass is 442 g/mol. The quantitative estimate of drug-likeness (QED) is 0.438. The van der Waals surface area contributed by atoms with Gasteiger partial charge in [0.2, 0.25) is 0 Å². The average Bonchev–Trinajstić information content (AvgIpc) is 3.00. The Balaban J connectivity index is 1.64. The number of hydrogen-bond acceptors (Lipinski definition) is 2. The molecular weight excluding hydrogens is 392 g/mol. The molecule has 2 nitrogen and oxygen atoms in total. The predicted molar refractivity (Wildman–Crippen MR) is 134 cm³/mol. The summed E-state index contributed by atoms with van der Waals surface area (Å²) in [4.78, 5) is 0. The zero-order chi connectivity index (χ0) is 23.5. The van der Waals surface area contributed by atoms with E-state index in [-0.39, 0.29) is 16.9 Å². The molecule has 182 valence electrons. The predicted octanol–water partition coefficient (Wildman–Crippen LogP) is 7.31. The van der Waals surface area contributed by atoms with Crippen LogP contribution in [0.5, 0.6) is 0 Å². The minimum Gasteiger partial charge on any atom is -0.396 e. The first-order chi connectivity index (χ1) is 14.9. The summed E-state index contributed by atoms with van der Waals surface area (Å²) in [6, 6.07) is 0. The Morgan fingerprint density at radius 3 is 2.44 bits per heavy atom. The molecule has 0 aromatic carbocycles. The fourth-order valence-electron chi connectivity index (χ4n) is 9.50. The Morgan fingerprint density at radius 1 is 1.06 bits per heavy atom. The van der Waals surface area contributed by atoms with E-state index in [2.05, 4.69) is 60.6 Å². The fourth-order valence-corrected chi connectivity index (χ4v) is 9.50. The number of rotatable bonds is 5. The van der Waals surface area contributed by atoms with Gasteiger partial charge in [0, 0.05) is 6.61 Å². The molecule has 0 spiro atoms. The van der Waals surface area contributed by atoms with Gasteiger partial charge in [-0.3, -0.25) is 0 Å². The molecule has 0 saturated heterocycles. The first kappa shape index (κ1) is 24.5. The maximum Gasteiger partial charge on any atom is 0.0594 e. The molecule has 8 atom stereocenters. The lowest BCUT2D eigenvalue weighted by Gasteiger charge is -2.64. The maximum absolute atomic E-state index is 10.8. The number of fused-ring (bicyclic) bond motifs is 5. The lowest BCUT2D eigenvalue weighted by molar-refractivity contribution is -0.132. The third kappa shape index (κ3) is 3.41. The summed E-state index contributed by atoms with van der Waals surface area (Å²) in [6.45, 7) is 17.1.